The van der Waals surface area contributed by atoms with Crippen LogP contribution in [0.15, 0.2) is 176 Å². The molecule has 0 radical (unpaired) electrons. The van der Waals surface area contributed by atoms with Crippen LogP contribution in [-0.2, 0) is 0 Å². The molecule has 0 aliphatic carbocycles. The lowest BCUT2D eigenvalue weighted by Crippen LogP contribution is -2.09. The minimum atomic E-state index is -2.19. The van der Waals surface area contributed by atoms with E-state index in [1.54, 1.807) is 6.07 Å². The predicted octanol–water partition coefficient (Wildman–Crippen LogP) is 15.2. The summed E-state index contributed by atoms with van der Waals surface area (Å²) < 4.78 is 75.4. The molecule has 1 aromatic heterocycles. The fourth-order valence-corrected chi connectivity index (χ4v) is 8.87. The Morgan fingerprint density at radius 1 is 0.373 bits per heavy atom. The number of nitrogens with zero attached hydrogens (tertiary/aromatic N) is 2. The normalized spacial score (nSPS) is 11.8. The Balaban J connectivity index is 1.13. The summed E-state index contributed by atoms with van der Waals surface area (Å²) in [7, 11) is 0. The Morgan fingerprint density at radius 2 is 0.881 bits per heavy atom. The van der Waals surface area contributed by atoms with Gasteiger partial charge in [-0.15, -0.1) is 0 Å². The Morgan fingerprint density at radius 3 is 1.54 bits per heavy atom. The Labute approximate surface area is 334 Å². The summed E-state index contributed by atoms with van der Waals surface area (Å²) in [6, 6.07) is 58.3. The number of aromatic nitrogens is 1. The van der Waals surface area contributed by atoms with Gasteiger partial charge in [0.15, 0.2) is 23.3 Å². The molecule has 59 heavy (non-hydrogen) atoms. The quantitative estimate of drug-likeness (QED) is 0.0707. The molecule has 0 unspecified atom stereocenters. The molecule has 7 heteroatoms. The summed E-state index contributed by atoms with van der Waals surface area (Å²) in [5, 5.41) is 7.95. The molecule has 11 aromatic rings. The first-order chi connectivity index (χ1) is 28.9. The number of halogens is 5. The van der Waals surface area contributed by atoms with E-state index in [4.69, 9.17) is 0 Å². The lowest BCUT2D eigenvalue weighted by atomic mass is 9.89. The number of rotatable bonds is 6. The van der Waals surface area contributed by atoms with Gasteiger partial charge in [-0.25, -0.2) is 22.0 Å². The van der Waals surface area contributed by atoms with Crippen molar-refractivity contribution in [2.75, 3.05) is 4.90 Å². The fraction of sp³-hybridized carbons (Fsp3) is 0. The van der Waals surface area contributed by atoms with Crippen LogP contribution in [0.4, 0.5) is 39.0 Å². The monoisotopic (exact) mass is 776 g/mol. The van der Waals surface area contributed by atoms with Crippen LogP contribution in [0, 0.1) is 29.1 Å². The molecule has 2 nitrogen and oxygen atoms in total. The van der Waals surface area contributed by atoms with E-state index in [1.165, 1.54) is 12.1 Å². The topological polar surface area (TPSA) is 8.17 Å². The molecule has 1 heterocycles. The predicted molar refractivity (Wildman–Crippen MR) is 230 cm³/mol. The second kappa shape index (κ2) is 13.3. The number of hydrogen-bond donors (Lipinski definition) is 0. The number of anilines is 3. The van der Waals surface area contributed by atoms with Crippen molar-refractivity contribution in [3.8, 4) is 27.9 Å². The number of para-hydroxylation sites is 3. The molecule has 0 saturated carbocycles. The zero-order valence-electron chi connectivity index (χ0n) is 31.0. The van der Waals surface area contributed by atoms with Gasteiger partial charge in [-0.3, -0.25) is 0 Å². The van der Waals surface area contributed by atoms with E-state index < -0.39 is 34.6 Å². The largest absolute Gasteiger partial charge is 0.311 e. The van der Waals surface area contributed by atoms with Crippen LogP contribution in [-0.4, -0.2) is 4.57 Å². The van der Waals surface area contributed by atoms with E-state index in [9.17, 15) is 13.2 Å². The molecule has 0 N–H and O–H groups in total. The third-order valence-electron chi connectivity index (χ3n) is 11.5. The Bertz CT molecular complexity index is 3350. The first kappa shape index (κ1) is 34.7. The second-order valence-electron chi connectivity index (χ2n) is 14.7. The van der Waals surface area contributed by atoms with Gasteiger partial charge in [0.05, 0.1) is 16.6 Å². The van der Waals surface area contributed by atoms with Crippen molar-refractivity contribution in [2.45, 2.75) is 0 Å². The third kappa shape index (κ3) is 5.24. The van der Waals surface area contributed by atoms with Gasteiger partial charge in [0.2, 0.25) is 5.82 Å². The van der Waals surface area contributed by atoms with Gasteiger partial charge in [-0.2, -0.15) is 0 Å². The molecule has 0 spiro atoms. The zero-order valence-corrected chi connectivity index (χ0v) is 31.0. The highest BCUT2D eigenvalue weighted by Gasteiger charge is 2.28. The molecule has 0 fully saturated rings. The fourth-order valence-electron chi connectivity index (χ4n) is 8.87. The average Bonchev–Trinajstić information content (AvgIpc) is 3.61. The Hall–Kier alpha value is -7.51. The standard InChI is InChI=1S/C52H29F5N2/c53-47-46(48(54)50(56)51(57)49(47)55)33-20-25-39-42-28-32-21-26-40-38(30-16-22-37(23-17-30)58(34-10-4-1-5-11-34)35-12-6-2-7-13-35)24-18-31-19-27-41(45(32)44(31)40)52(42)59(43(39)29-33)36-14-8-3-9-15-36/h1-29H. The second-order valence-corrected chi connectivity index (χ2v) is 14.7. The van der Waals surface area contributed by atoms with Crippen LogP contribution in [0.1, 0.15) is 0 Å². The van der Waals surface area contributed by atoms with Gasteiger partial charge >= 0.3 is 0 Å². The maximum absolute atomic E-state index is 15.2. The first-order valence-corrected chi connectivity index (χ1v) is 19.1. The Kier molecular flexibility index (Phi) is 7.82. The summed E-state index contributed by atoms with van der Waals surface area (Å²) in [4.78, 5) is 2.23. The van der Waals surface area contributed by atoms with Crippen LogP contribution >= 0.6 is 0 Å². The molecule has 282 valence electrons. The van der Waals surface area contributed by atoms with E-state index in [1.807, 2.05) is 71.3 Å². The molecule has 10 aromatic carbocycles. The molecule has 0 atom stereocenters. The third-order valence-corrected chi connectivity index (χ3v) is 11.5. The summed E-state index contributed by atoms with van der Waals surface area (Å²) in [6.07, 6.45) is 0. The molecule has 0 bridgehead atoms. The van der Waals surface area contributed by atoms with E-state index in [0.717, 1.165) is 82.5 Å². The van der Waals surface area contributed by atoms with Crippen LogP contribution in [0.2, 0.25) is 0 Å². The average molecular weight is 777 g/mol. The first-order valence-electron chi connectivity index (χ1n) is 19.1. The van der Waals surface area contributed by atoms with Gasteiger partial charge in [-0.05, 0) is 104 Å². The van der Waals surface area contributed by atoms with E-state index >= 15 is 8.78 Å². The maximum Gasteiger partial charge on any atom is 0.200 e. The molecular formula is C52H29F5N2. The minimum absolute atomic E-state index is 0.127. The van der Waals surface area contributed by atoms with Gasteiger partial charge in [0.1, 0.15) is 0 Å². The number of benzene rings is 10. The zero-order chi connectivity index (χ0) is 39.9. The highest BCUT2D eigenvalue weighted by atomic mass is 19.2. The molecule has 0 aliphatic heterocycles. The van der Waals surface area contributed by atoms with Crippen molar-refractivity contribution in [1.29, 1.82) is 0 Å². The summed E-state index contributed by atoms with van der Waals surface area (Å²) >= 11 is 0. The molecule has 0 saturated heterocycles. The molecule has 0 aliphatic rings. The van der Waals surface area contributed by atoms with Crippen molar-refractivity contribution in [3.63, 3.8) is 0 Å². The van der Waals surface area contributed by atoms with Crippen molar-refractivity contribution < 1.29 is 22.0 Å². The van der Waals surface area contributed by atoms with Crippen LogP contribution in [0.25, 0.3) is 82.1 Å². The molecule has 0 amide bonds. The highest BCUT2D eigenvalue weighted by molar-refractivity contribution is 6.33. The summed E-state index contributed by atoms with van der Waals surface area (Å²) in [5.74, 6) is -9.90. The summed E-state index contributed by atoms with van der Waals surface area (Å²) in [5.41, 5.74) is 6.40. The summed E-state index contributed by atoms with van der Waals surface area (Å²) in [6.45, 7) is 0. The maximum atomic E-state index is 15.2. The lowest BCUT2D eigenvalue weighted by molar-refractivity contribution is 0.381. The minimum Gasteiger partial charge on any atom is -0.311 e. The van der Waals surface area contributed by atoms with E-state index in [2.05, 4.69) is 95.9 Å². The van der Waals surface area contributed by atoms with Crippen molar-refractivity contribution in [1.82, 2.24) is 4.57 Å². The van der Waals surface area contributed by atoms with Gasteiger partial charge in [-0.1, -0.05) is 115 Å². The lowest BCUT2D eigenvalue weighted by Gasteiger charge is -2.25. The smallest absolute Gasteiger partial charge is 0.200 e. The van der Waals surface area contributed by atoms with Gasteiger partial charge < -0.3 is 9.47 Å². The van der Waals surface area contributed by atoms with E-state index in [0.29, 0.717) is 5.52 Å². The van der Waals surface area contributed by atoms with Gasteiger partial charge in [0.25, 0.3) is 0 Å². The highest BCUT2D eigenvalue weighted by Crippen LogP contribution is 2.46. The van der Waals surface area contributed by atoms with E-state index in [-0.39, 0.29) is 5.56 Å². The van der Waals surface area contributed by atoms with Crippen LogP contribution in [0.5, 0.6) is 0 Å². The number of fused-ring (bicyclic) bond motifs is 4. The van der Waals surface area contributed by atoms with Crippen LogP contribution in [0.3, 0.4) is 0 Å². The SMILES string of the molecule is Fc1c(F)c(F)c(-c2ccc3c4cc5ccc6c(-c7ccc(N(c8ccccc8)c8ccccc8)cc7)ccc7ccc(c5c76)c4n(-c4ccccc4)c3c2)c(F)c1F. The van der Waals surface area contributed by atoms with Crippen LogP contribution < -0.4 is 4.90 Å². The molecular weight excluding hydrogens is 748 g/mol. The van der Waals surface area contributed by atoms with Crippen molar-refractivity contribution >= 4 is 71.2 Å². The van der Waals surface area contributed by atoms with Crippen molar-refractivity contribution in [2.24, 2.45) is 0 Å². The molecule has 11 rings (SSSR count). The number of hydrogen-bond acceptors (Lipinski definition) is 1. The van der Waals surface area contributed by atoms with Gasteiger partial charge in [0, 0.05) is 38.9 Å². The van der Waals surface area contributed by atoms with Crippen molar-refractivity contribution in [3.05, 3.63) is 205 Å².